The summed E-state index contributed by atoms with van der Waals surface area (Å²) < 4.78 is 36.2. The number of hydrogen-bond donors (Lipinski definition) is 0. The molecule has 2 aromatic heterocycles. The van der Waals surface area contributed by atoms with E-state index < -0.39 is 11.6 Å². The van der Waals surface area contributed by atoms with E-state index in [0.717, 1.165) is 5.69 Å². The lowest BCUT2D eigenvalue weighted by Crippen LogP contribution is -2.47. The molecule has 1 aliphatic rings. The molecule has 0 radical (unpaired) electrons. The minimum absolute atomic E-state index is 0.0237. The zero-order chi connectivity index (χ0) is 21.6. The average molecular weight is 413 g/mol. The van der Waals surface area contributed by atoms with Crippen LogP contribution in [0.3, 0.4) is 0 Å². The first-order valence-electron chi connectivity index (χ1n) is 10.2. The van der Waals surface area contributed by atoms with Gasteiger partial charge in [0.2, 0.25) is 0 Å². The highest BCUT2D eigenvalue weighted by Gasteiger charge is 2.29. The standard InChI is InChI=1S/C23H25F2N3O2/c1-13(2)22-16(23(29)27-10-11-30-12-14(27)3)8-9-19-20(15(4)26-28(19)22)21-17(24)6-5-7-18(21)25/h5-9,13-14H,10-12H2,1-4H3/t14-/m1/s1. The number of rotatable bonds is 3. The molecular formula is C23H25F2N3O2. The second-order valence-corrected chi connectivity index (χ2v) is 8.06. The lowest BCUT2D eigenvalue weighted by atomic mass is 9.99. The Morgan fingerprint density at radius 2 is 1.87 bits per heavy atom. The maximum absolute atomic E-state index is 14.5. The lowest BCUT2D eigenvalue weighted by Gasteiger charge is -2.34. The minimum atomic E-state index is -0.638. The molecule has 0 spiro atoms. The van der Waals surface area contributed by atoms with E-state index in [1.165, 1.54) is 18.2 Å². The number of carbonyl (C=O) groups excluding carboxylic acids is 1. The zero-order valence-electron chi connectivity index (χ0n) is 17.6. The molecule has 3 aromatic rings. The molecule has 0 unspecified atom stereocenters. The summed E-state index contributed by atoms with van der Waals surface area (Å²) in [6.45, 7) is 9.18. The Kier molecular flexibility index (Phi) is 5.32. The summed E-state index contributed by atoms with van der Waals surface area (Å²) in [4.78, 5) is 15.2. The molecule has 0 bridgehead atoms. The molecule has 0 N–H and O–H groups in total. The Bertz CT molecular complexity index is 1100. The van der Waals surface area contributed by atoms with Gasteiger partial charge in [0.25, 0.3) is 5.91 Å². The number of aryl methyl sites for hydroxylation is 1. The molecule has 0 saturated carbocycles. The second-order valence-electron chi connectivity index (χ2n) is 8.06. The molecule has 1 aliphatic heterocycles. The molecule has 1 fully saturated rings. The monoisotopic (exact) mass is 413 g/mol. The van der Waals surface area contributed by atoms with Crippen LogP contribution in [0.5, 0.6) is 0 Å². The molecule has 1 aromatic carbocycles. The highest BCUT2D eigenvalue weighted by molar-refractivity contribution is 5.97. The Balaban J connectivity index is 1.92. The number of ether oxygens (including phenoxy) is 1. The van der Waals surface area contributed by atoms with Crippen LogP contribution in [0.25, 0.3) is 16.6 Å². The van der Waals surface area contributed by atoms with E-state index in [-0.39, 0.29) is 23.4 Å². The molecule has 3 heterocycles. The normalized spacial score (nSPS) is 17.2. The van der Waals surface area contributed by atoms with Gasteiger partial charge in [-0.1, -0.05) is 19.9 Å². The van der Waals surface area contributed by atoms with Crippen LogP contribution < -0.4 is 0 Å². The van der Waals surface area contributed by atoms with Crippen molar-refractivity contribution in [2.24, 2.45) is 0 Å². The molecule has 1 atom stereocenters. The van der Waals surface area contributed by atoms with Crippen LogP contribution in [0.1, 0.15) is 48.4 Å². The van der Waals surface area contributed by atoms with E-state index in [4.69, 9.17) is 4.74 Å². The van der Waals surface area contributed by atoms with Crippen molar-refractivity contribution < 1.29 is 18.3 Å². The van der Waals surface area contributed by atoms with E-state index in [2.05, 4.69) is 5.10 Å². The van der Waals surface area contributed by atoms with Crippen LogP contribution in [0, 0.1) is 18.6 Å². The number of benzene rings is 1. The van der Waals surface area contributed by atoms with Crippen molar-refractivity contribution in [2.75, 3.05) is 19.8 Å². The van der Waals surface area contributed by atoms with Crippen LogP contribution in [0.15, 0.2) is 30.3 Å². The summed E-state index contributed by atoms with van der Waals surface area (Å²) in [5.41, 5.74) is 2.67. The van der Waals surface area contributed by atoms with Crippen molar-refractivity contribution in [3.05, 3.63) is 58.9 Å². The highest BCUT2D eigenvalue weighted by Crippen LogP contribution is 2.35. The van der Waals surface area contributed by atoms with Gasteiger partial charge in [-0.05, 0) is 44.0 Å². The fourth-order valence-electron chi connectivity index (χ4n) is 4.21. The third-order valence-electron chi connectivity index (χ3n) is 5.63. The molecular weight excluding hydrogens is 388 g/mol. The first-order valence-corrected chi connectivity index (χ1v) is 10.2. The van der Waals surface area contributed by atoms with Crippen LogP contribution >= 0.6 is 0 Å². The Morgan fingerprint density at radius 1 is 1.17 bits per heavy atom. The van der Waals surface area contributed by atoms with Gasteiger partial charge >= 0.3 is 0 Å². The summed E-state index contributed by atoms with van der Waals surface area (Å²) in [6.07, 6.45) is 0. The summed E-state index contributed by atoms with van der Waals surface area (Å²) in [7, 11) is 0. The Morgan fingerprint density at radius 3 is 2.50 bits per heavy atom. The van der Waals surface area contributed by atoms with Crippen molar-refractivity contribution in [1.29, 1.82) is 0 Å². The van der Waals surface area contributed by atoms with Gasteiger partial charge in [0.05, 0.1) is 47.3 Å². The number of fused-ring (bicyclic) bond motifs is 1. The minimum Gasteiger partial charge on any atom is -0.377 e. The van der Waals surface area contributed by atoms with Gasteiger partial charge in [-0.3, -0.25) is 4.79 Å². The number of amides is 1. The van der Waals surface area contributed by atoms with E-state index in [0.29, 0.717) is 42.1 Å². The summed E-state index contributed by atoms with van der Waals surface area (Å²) in [5, 5.41) is 4.59. The van der Waals surface area contributed by atoms with Crippen molar-refractivity contribution >= 4 is 11.4 Å². The van der Waals surface area contributed by atoms with Crippen molar-refractivity contribution in [3.8, 4) is 11.1 Å². The highest BCUT2D eigenvalue weighted by atomic mass is 19.1. The van der Waals surface area contributed by atoms with Crippen LogP contribution in [0.4, 0.5) is 8.78 Å². The molecule has 1 amide bonds. The van der Waals surface area contributed by atoms with Crippen molar-refractivity contribution in [3.63, 3.8) is 0 Å². The number of hydrogen-bond acceptors (Lipinski definition) is 3. The van der Waals surface area contributed by atoms with Gasteiger partial charge in [-0.25, -0.2) is 13.3 Å². The number of morpholine rings is 1. The number of carbonyl (C=O) groups is 1. The van der Waals surface area contributed by atoms with Gasteiger partial charge in [-0.15, -0.1) is 0 Å². The number of pyridine rings is 1. The van der Waals surface area contributed by atoms with Crippen LogP contribution in [0.2, 0.25) is 0 Å². The summed E-state index contributed by atoms with van der Waals surface area (Å²) in [6, 6.07) is 7.27. The smallest absolute Gasteiger partial charge is 0.256 e. The van der Waals surface area contributed by atoms with Gasteiger partial charge in [0.1, 0.15) is 11.6 Å². The predicted octanol–water partition coefficient (Wildman–Crippen LogP) is 4.57. The fourth-order valence-corrected chi connectivity index (χ4v) is 4.21. The van der Waals surface area contributed by atoms with Gasteiger partial charge < -0.3 is 9.64 Å². The van der Waals surface area contributed by atoms with Crippen molar-refractivity contribution in [2.45, 2.75) is 39.7 Å². The first-order chi connectivity index (χ1) is 14.3. The van der Waals surface area contributed by atoms with E-state index >= 15 is 0 Å². The fraction of sp³-hybridized carbons (Fsp3) is 0.391. The topological polar surface area (TPSA) is 46.8 Å². The number of halogens is 2. The molecule has 158 valence electrons. The van der Waals surface area contributed by atoms with Crippen LogP contribution in [-0.4, -0.2) is 46.2 Å². The quantitative estimate of drug-likeness (QED) is 0.632. The molecule has 5 nitrogen and oxygen atoms in total. The molecule has 0 aliphatic carbocycles. The second kappa shape index (κ2) is 7.80. The third kappa shape index (κ3) is 3.27. The van der Waals surface area contributed by atoms with E-state index in [1.807, 2.05) is 25.7 Å². The van der Waals surface area contributed by atoms with Gasteiger partial charge in [0.15, 0.2) is 0 Å². The van der Waals surface area contributed by atoms with E-state index in [1.54, 1.807) is 23.6 Å². The predicted molar refractivity (Wildman–Crippen MR) is 111 cm³/mol. The molecule has 4 rings (SSSR count). The maximum Gasteiger partial charge on any atom is 0.256 e. The van der Waals surface area contributed by atoms with Crippen LogP contribution in [-0.2, 0) is 4.74 Å². The molecule has 30 heavy (non-hydrogen) atoms. The van der Waals surface area contributed by atoms with Gasteiger partial charge in [0, 0.05) is 12.1 Å². The zero-order valence-corrected chi connectivity index (χ0v) is 17.6. The number of nitrogens with zero attached hydrogens (tertiary/aromatic N) is 3. The lowest BCUT2D eigenvalue weighted by molar-refractivity contribution is 0.00347. The van der Waals surface area contributed by atoms with Crippen molar-refractivity contribution in [1.82, 2.24) is 14.5 Å². The maximum atomic E-state index is 14.5. The first kappa shape index (κ1) is 20.5. The average Bonchev–Trinajstić information content (AvgIpc) is 3.02. The largest absolute Gasteiger partial charge is 0.377 e. The third-order valence-corrected chi connectivity index (χ3v) is 5.63. The Labute approximate surface area is 174 Å². The SMILES string of the molecule is Cc1nn2c(C(C)C)c(C(=O)N3CCOC[C@H]3C)ccc2c1-c1c(F)cccc1F. The van der Waals surface area contributed by atoms with Gasteiger partial charge in [-0.2, -0.15) is 5.10 Å². The number of aromatic nitrogens is 2. The molecule has 7 heteroatoms. The summed E-state index contributed by atoms with van der Waals surface area (Å²) in [5.74, 6) is -1.38. The van der Waals surface area contributed by atoms with E-state index in [9.17, 15) is 13.6 Å². The summed E-state index contributed by atoms with van der Waals surface area (Å²) >= 11 is 0. The molecule has 1 saturated heterocycles. The Hall–Kier alpha value is -2.80.